The quantitative estimate of drug-likeness (QED) is 0.692. The van der Waals surface area contributed by atoms with Crippen LogP contribution in [0.5, 0.6) is 0 Å². The minimum Gasteiger partial charge on any atom is -0.233 e. The SMILES string of the molecule is Fc1ccccc1N=C(Cl)c1ccccc1. The van der Waals surface area contributed by atoms with E-state index in [1.54, 1.807) is 18.2 Å². The third-order valence-electron chi connectivity index (χ3n) is 2.08. The molecule has 80 valence electrons. The Kier molecular flexibility index (Phi) is 3.32. The van der Waals surface area contributed by atoms with Gasteiger partial charge in [0.25, 0.3) is 0 Å². The first kappa shape index (κ1) is 10.8. The minimum absolute atomic E-state index is 0.247. The van der Waals surface area contributed by atoms with Gasteiger partial charge in [-0.1, -0.05) is 54.1 Å². The molecule has 0 bridgehead atoms. The van der Waals surface area contributed by atoms with Crippen molar-refractivity contribution in [3.05, 3.63) is 66.0 Å². The fourth-order valence-corrected chi connectivity index (χ4v) is 1.51. The van der Waals surface area contributed by atoms with Crippen molar-refractivity contribution in [3.63, 3.8) is 0 Å². The van der Waals surface area contributed by atoms with Crippen LogP contribution >= 0.6 is 11.6 Å². The molecule has 0 amide bonds. The zero-order valence-electron chi connectivity index (χ0n) is 8.40. The number of benzene rings is 2. The van der Waals surface area contributed by atoms with Crippen LogP contribution in [0.3, 0.4) is 0 Å². The predicted molar refractivity (Wildman–Crippen MR) is 64.9 cm³/mol. The average molecular weight is 234 g/mol. The maximum atomic E-state index is 13.3. The highest BCUT2D eigenvalue weighted by Gasteiger charge is 2.02. The van der Waals surface area contributed by atoms with Gasteiger partial charge in [0.05, 0.1) is 0 Å². The van der Waals surface area contributed by atoms with E-state index in [0.717, 1.165) is 5.56 Å². The molecule has 0 N–H and O–H groups in total. The number of hydrogen-bond acceptors (Lipinski definition) is 1. The van der Waals surface area contributed by atoms with Gasteiger partial charge >= 0.3 is 0 Å². The highest BCUT2D eigenvalue weighted by atomic mass is 35.5. The number of hydrogen-bond donors (Lipinski definition) is 0. The molecule has 0 heterocycles. The minimum atomic E-state index is -0.378. The monoisotopic (exact) mass is 233 g/mol. The molecule has 0 radical (unpaired) electrons. The third-order valence-corrected chi connectivity index (χ3v) is 2.39. The number of para-hydroxylation sites is 1. The van der Waals surface area contributed by atoms with E-state index in [1.807, 2.05) is 30.3 Å². The molecule has 3 heteroatoms. The fourth-order valence-electron chi connectivity index (χ4n) is 1.29. The average Bonchev–Trinajstić information content (AvgIpc) is 2.33. The maximum Gasteiger partial charge on any atom is 0.148 e. The second kappa shape index (κ2) is 4.90. The Labute approximate surface area is 98.2 Å². The number of halogens is 2. The van der Waals surface area contributed by atoms with E-state index in [0.29, 0.717) is 0 Å². The molecule has 2 aromatic rings. The summed E-state index contributed by atoms with van der Waals surface area (Å²) in [5.74, 6) is -0.378. The van der Waals surface area contributed by atoms with Gasteiger partial charge in [-0.25, -0.2) is 9.38 Å². The Morgan fingerprint density at radius 1 is 0.938 bits per heavy atom. The first-order chi connectivity index (χ1) is 7.77. The van der Waals surface area contributed by atoms with Crippen LogP contribution in [0.4, 0.5) is 10.1 Å². The smallest absolute Gasteiger partial charge is 0.148 e. The largest absolute Gasteiger partial charge is 0.233 e. The van der Waals surface area contributed by atoms with E-state index in [4.69, 9.17) is 11.6 Å². The fraction of sp³-hybridized carbons (Fsp3) is 0. The van der Waals surface area contributed by atoms with Crippen molar-refractivity contribution in [2.45, 2.75) is 0 Å². The van der Waals surface area contributed by atoms with E-state index in [9.17, 15) is 4.39 Å². The van der Waals surface area contributed by atoms with Gasteiger partial charge in [-0.2, -0.15) is 0 Å². The summed E-state index contributed by atoms with van der Waals surface area (Å²) < 4.78 is 13.3. The molecule has 0 atom stereocenters. The lowest BCUT2D eigenvalue weighted by Crippen LogP contribution is -1.89. The van der Waals surface area contributed by atoms with Gasteiger partial charge in [0.15, 0.2) is 0 Å². The summed E-state index contributed by atoms with van der Waals surface area (Å²) in [7, 11) is 0. The summed E-state index contributed by atoms with van der Waals surface area (Å²) >= 11 is 6.00. The van der Waals surface area contributed by atoms with Crippen LogP contribution in [0.25, 0.3) is 0 Å². The van der Waals surface area contributed by atoms with E-state index < -0.39 is 0 Å². The summed E-state index contributed by atoms with van der Waals surface area (Å²) in [6.45, 7) is 0. The molecular formula is C13H9ClFN. The van der Waals surface area contributed by atoms with Crippen LogP contribution in [-0.2, 0) is 0 Å². The van der Waals surface area contributed by atoms with Crippen LogP contribution in [0.15, 0.2) is 59.6 Å². The lowest BCUT2D eigenvalue weighted by Gasteiger charge is -1.99. The second-order valence-electron chi connectivity index (χ2n) is 3.22. The zero-order valence-corrected chi connectivity index (χ0v) is 9.16. The van der Waals surface area contributed by atoms with Gasteiger partial charge in [-0.05, 0) is 12.1 Å². The Morgan fingerprint density at radius 2 is 1.56 bits per heavy atom. The molecule has 2 aromatic carbocycles. The van der Waals surface area contributed by atoms with E-state index >= 15 is 0 Å². The molecule has 2 rings (SSSR count). The van der Waals surface area contributed by atoms with Crippen LogP contribution in [0.1, 0.15) is 5.56 Å². The summed E-state index contributed by atoms with van der Waals surface area (Å²) in [6, 6.07) is 15.5. The molecule has 0 aliphatic rings. The summed E-state index contributed by atoms with van der Waals surface area (Å²) in [4.78, 5) is 4.04. The summed E-state index contributed by atoms with van der Waals surface area (Å²) in [5.41, 5.74) is 1.02. The summed E-state index contributed by atoms with van der Waals surface area (Å²) in [5, 5.41) is 0.283. The van der Waals surface area contributed by atoms with Gasteiger partial charge in [0.2, 0.25) is 0 Å². The molecule has 0 saturated carbocycles. The topological polar surface area (TPSA) is 12.4 Å². The van der Waals surface area contributed by atoms with Crippen molar-refractivity contribution < 1.29 is 4.39 Å². The Balaban J connectivity index is 2.36. The van der Waals surface area contributed by atoms with Crippen molar-refractivity contribution in [2.24, 2.45) is 4.99 Å². The van der Waals surface area contributed by atoms with Gasteiger partial charge < -0.3 is 0 Å². The standard InChI is InChI=1S/C13H9ClFN/c14-13(10-6-2-1-3-7-10)16-12-9-5-4-8-11(12)15/h1-9H. The predicted octanol–water partition coefficient (Wildman–Crippen LogP) is 4.14. The number of aliphatic imine (C=N–C) groups is 1. The van der Waals surface area contributed by atoms with Gasteiger partial charge in [-0.3, -0.25) is 0 Å². The number of nitrogens with zero attached hydrogens (tertiary/aromatic N) is 1. The lowest BCUT2D eigenvalue weighted by molar-refractivity contribution is 0.630. The molecular weight excluding hydrogens is 225 g/mol. The van der Waals surface area contributed by atoms with Crippen LogP contribution < -0.4 is 0 Å². The van der Waals surface area contributed by atoms with Gasteiger partial charge in [0.1, 0.15) is 16.7 Å². The van der Waals surface area contributed by atoms with E-state index in [2.05, 4.69) is 4.99 Å². The van der Waals surface area contributed by atoms with Crippen molar-refractivity contribution in [3.8, 4) is 0 Å². The lowest BCUT2D eigenvalue weighted by atomic mass is 10.2. The van der Waals surface area contributed by atoms with Crippen molar-refractivity contribution in [1.29, 1.82) is 0 Å². The molecule has 16 heavy (non-hydrogen) atoms. The first-order valence-corrected chi connectivity index (χ1v) is 5.19. The zero-order chi connectivity index (χ0) is 11.4. The van der Waals surface area contributed by atoms with Gasteiger partial charge in [0, 0.05) is 5.56 Å². The van der Waals surface area contributed by atoms with E-state index in [1.165, 1.54) is 6.07 Å². The highest BCUT2D eigenvalue weighted by molar-refractivity contribution is 6.69. The van der Waals surface area contributed by atoms with Crippen molar-refractivity contribution in [2.75, 3.05) is 0 Å². The highest BCUT2D eigenvalue weighted by Crippen LogP contribution is 2.19. The Bertz CT molecular complexity index is 508. The molecule has 0 spiro atoms. The van der Waals surface area contributed by atoms with Crippen molar-refractivity contribution >= 4 is 22.5 Å². The molecule has 1 nitrogen and oxygen atoms in total. The molecule has 0 fully saturated rings. The molecule has 0 aliphatic carbocycles. The first-order valence-electron chi connectivity index (χ1n) is 4.81. The normalized spacial score (nSPS) is 11.5. The van der Waals surface area contributed by atoms with Crippen LogP contribution in [-0.4, -0.2) is 5.17 Å². The molecule has 0 saturated heterocycles. The second-order valence-corrected chi connectivity index (χ2v) is 3.58. The van der Waals surface area contributed by atoms with E-state index in [-0.39, 0.29) is 16.7 Å². The van der Waals surface area contributed by atoms with Crippen LogP contribution in [0.2, 0.25) is 0 Å². The van der Waals surface area contributed by atoms with Gasteiger partial charge in [-0.15, -0.1) is 0 Å². The molecule has 0 aliphatic heterocycles. The Morgan fingerprint density at radius 3 is 2.25 bits per heavy atom. The summed E-state index contributed by atoms with van der Waals surface area (Å²) in [6.07, 6.45) is 0. The number of rotatable bonds is 2. The molecule has 0 unspecified atom stereocenters. The third kappa shape index (κ3) is 2.47. The Hall–Kier alpha value is -1.67. The van der Waals surface area contributed by atoms with Crippen molar-refractivity contribution in [1.82, 2.24) is 0 Å². The van der Waals surface area contributed by atoms with Crippen LogP contribution in [0, 0.1) is 5.82 Å². The molecule has 0 aromatic heterocycles. The maximum absolute atomic E-state index is 13.3.